The molecular weight excluding hydrogens is 456 g/mol. The van der Waals surface area contributed by atoms with Gasteiger partial charge in [0, 0.05) is 12.3 Å². The van der Waals surface area contributed by atoms with Crippen molar-refractivity contribution in [2.24, 2.45) is 27.9 Å². The number of aliphatic hydroxyl groups excluding tert-OH is 1. The number of guanidine groups is 1. The Bertz CT molecular complexity index is 676. The number of aliphatic imine (C=N–C) groups is 1. The molecule has 0 aromatic heterocycles. The number of nitrogens with zero attached hydrogens (tertiary/aromatic N) is 1. The summed E-state index contributed by atoms with van der Waals surface area (Å²) >= 11 is 4.03. The number of carboxylic acids is 1. The Hall–Kier alpha value is -2.62. The van der Waals surface area contributed by atoms with Crippen molar-refractivity contribution in [2.75, 3.05) is 25.4 Å². The zero-order valence-corrected chi connectivity index (χ0v) is 19.3. The zero-order chi connectivity index (χ0) is 25.4. The first-order valence-corrected chi connectivity index (χ1v) is 11.1. The molecule has 190 valence electrons. The van der Waals surface area contributed by atoms with Crippen LogP contribution in [0.15, 0.2) is 4.99 Å². The number of amides is 3. The first-order valence-electron chi connectivity index (χ1n) is 10.4. The lowest BCUT2D eigenvalue weighted by Crippen LogP contribution is -2.58. The van der Waals surface area contributed by atoms with Gasteiger partial charge in [0.25, 0.3) is 0 Å². The van der Waals surface area contributed by atoms with Gasteiger partial charge in [0.2, 0.25) is 17.7 Å². The Kier molecular flexibility index (Phi) is 15.6. The van der Waals surface area contributed by atoms with Gasteiger partial charge in [0.1, 0.15) is 24.2 Å². The number of unbranched alkanes of at least 4 members (excludes halogenated alkanes) is 1. The molecule has 13 N–H and O–H groups in total. The minimum atomic E-state index is -1.23. The number of aliphatic hydroxyl groups is 1. The van der Waals surface area contributed by atoms with E-state index in [0.29, 0.717) is 25.8 Å². The van der Waals surface area contributed by atoms with Crippen LogP contribution in [-0.4, -0.2) is 89.5 Å². The van der Waals surface area contributed by atoms with Crippen LogP contribution in [0.2, 0.25) is 0 Å². The summed E-state index contributed by atoms with van der Waals surface area (Å²) in [5, 5.41) is 25.6. The van der Waals surface area contributed by atoms with Gasteiger partial charge in [-0.15, -0.1) is 0 Å². The second-order valence-corrected chi connectivity index (χ2v) is 7.59. The van der Waals surface area contributed by atoms with E-state index < -0.39 is 54.5 Å². The van der Waals surface area contributed by atoms with Crippen LogP contribution < -0.4 is 38.9 Å². The Morgan fingerprint density at radius 3 is 1.94 bits per heavy atom. The SMILES string of the molecule is NCCCCC(NC(=O)C(CCCN=C(N)N)NC(=O)C(CS)NC(=O)C(N)CO)C(=O)O. The first kappa shape index (κ1) is 30.4. The van der Waals surface area contributed by atoms with Gasteiger partial charge in [0.05, 0.1) is 6.61 Å². The standard InChI is InChI=1S/C18H36N8O6S/c19-6-2-1-4-12(17(31)32)25-15(29)11(5-3-7-23-18(21)22)24-16(30)13(9-33)26-14(28)10(20)8-27/h10-13,27,33H,1-9,19-20H2,(H,24,30)(H,25,29)(H,26,28)(H,31,32)(H4,21,22,23). The van der Waals surface area contributed by atoms with E-state index in [2.05, 4.69) is 33.6 Å². The highest BCUT2D eigenvalue weighted by atomic mass is 32.1. The number of nitrogens with two attached hydrogens (primary N) is 4. The largest absolute Gasteiger partial charge is 0.480 e. The van der Waals surface area contributed by atoms with Crippen molar-refractivity contribution in [1.29, 1.82) is 0 Å². The number of carboxylic acid groups (broad SMARTS) is 1. The van der Waals surface area contributed by atoms with Crippen LogP contribution in [0, 0.1) is 0 Å². The van der Waals surface area contributed by atoms with Crippen molar-refractivity contribution >= 4 is 42.3 Å². The summed E-state index contributed by atoms with van der Waals surface area (Å²) in [4.78, 5) is 52.6. The van der Waals surface area contributed by atoms with Crippen LogP contribution >= 0.6 is 12.6 Å². The monoisotopic (exact) mass is 492 g/mol. The molecule has 0 saturated heterocycles. The van der Waals surface area contributed by atoms with Crippen LogP contribution in [0.1, 0.15) is 32.1 Å². The van der Waals surface area contributed by atoms with E-state index in [1.807, 2.05) is 0 Å². The summed E-state index contributed by atoms with van der Waals surface area (Å²) in [5.74, 6) is -3.70. The van der Waals surface area contributed by atoms with E-state index in [-0.39, 0.29) is 31.1 Å². The third kappa shape index (κ3) is 12.9. The molecule has 0 radical (unpaired) electrons. The van der Waals surface area contributed by atoms with Gasteiger partial charge >= 0.3 is 5.97 Å². The lowest BCUT2D eigenvalue weighted by atomic mass is 10.1. The molecule has 14 nitrogen and oxygen atoms in total. The fraction of sp³-hybridized carbons (Fsp3) is 0.722. The summed E-state index contributed by atoms with van der Waals surface area (Å²) in [6.07, 6.45) is 1.65. The summed E-state index contributed by atoms with van der Waals surface area (Å²) < 4.78 is 0. The van der Waals surface area contributed by atoms with Crippen LogP contribution in [0.3, 0.4) is 0 Å². The highest BCUT2D eigenvalue weighted by Gasteiger charge is 2.29. The molecule has 0 aliphatic rings. The molecule has 0 aromatic rings. The Balaban J connectivity index is 5.33. The van der Waals surface area contributed by atoms with Crippen molar-refractivity contribution in [3.05, 3.63) is 0 Å². The minimum Gasteiger partial charge on any atom is -0.480 e. The molecule has 15 heteroatoms. The highest BCUT2D eigenvalue weighted by molar-refractivity contribution is 7.80. The smallest absolute Gasteiger partial charge is 0.326 e. The van der Waals surface area contributed by atoms with Gasteiger partial charge in [0.15, 0.2) is 5.96 Å². The van der Waals surface area contributed by atoms with Crippen LogP contribution in [0.25, 0.3) is 0 Å². The Morgan fingerprint density at radius 2 is 1.42 bits per heavy atom. The molecule has 0 rings (SSSR count). The fourth-order valence-corrected chi connectivity index (χ4v) is 2.88. The summed E-state index contributed by atoms with van der Waals surface area (Å²) in [5.41, 5.74) is 21.4. The average molecular weight is 493 g/mol. The van der Waals surface area contributed by atoms with Gasteiger partial charge in [-0.3, -0.25) is 19.4 Å². The summed E-state index contributed by atoms with van der Waals surface area (Å²) in [7, 11) is 0. The maximum atomic E-state index is 12.8. The molecule has 0 aliphatic carbocycles. The van der Waals surface area contributed by atoms with Crippen LogP contribution in [0.5, 0.6) is 0 Å². The van der Waals surface area contributed by atoms with Crippen LogP contribution in [-0.2, 0) is 19.2 Å². The van der Waals surface area contributed by atoms with Crippen molar-refractivity contribution < 1.29 is 29.4 Å². The summed E-state index contributed by atoms with van der Waals surface area (Å²) in [6.45, 7) is -0.0528. The molecule has 0 saturated carbocycles. The van der Waals surface area contributed by atoms with Gasteiger partial charge in [-0.1, -0.05) is 0 Å². The molecule has 4 unspecified atom stereocenters. The number of aliphatic carboxylic acids is 1. The second-order valence-electron chi connectivity index (χ2n) is 7.23. The average Bonchev–Trinajstić information content (AvgIpc) is 2.77. The molecule has 0 heterocycles. The fourth-order valence-electron chi connectivity index (χ4n) is 2.62. The molecule has 0 aromatic carbocycles. The number of carbonyl (C=O) groups is 4. The molecular formula is C18H36N8O6S. The maximum Gasteiger partial charge on any atom is 0.326 e. The summed E-state index contributed by atoms with van der Waals surface area (Å²) in [6, 6.07) is -4.67. The predicted molar refractivity (Wildman–Crippen MR) is 125 cm³/mol. The van der Waals surface area contributed by atoms with E-state index in [1.54, 1.807) is 0 Å². The van der Waals surface area contributed by atoms with Crippen molar-refractivity contribution in [2.45, 2.75) is 56.3 Å². The number of thiol groups is 1. The number of rotatable bonds is 17. The Morgan fingerprint density at radius 1 is 0.879 bits per heavy atom. The van der Waals surface area contributed by atoms with Crippen LogP contribution in [0.4, 0.5) is 0 Å². The van der Waals surface area contributed by atoms with Gasteiger partial charge in [-0.2, -0.15) is 12.6 Å². The van der Waals surface area contributed by atoms with E-state index in [0.717, 1.165) is 0 Å². The van der Waals surface area contributed by atoms with Crippen molar-refractivity contribution in [1.82, 2.24) is 16.0 Å². The van der Waals surface area contributed by atoms with E-state index in [1.165, 1.54) is 0 Å². The number of nitrogens with one attached hydrogen (secondary N) is 3. The number of carbonyl (C=O) groups excluding carboxylic acids is 3. The first-order chi connectivity index (χ1) is 15.6. The third-order valence-corrected chi connectivity index (χ3v) is 4.85. The van der Waals surface area contributed by atoms with Gasteiger partial charge in [-0.25, -0.2) is 4.79 Å². The quantitative estimate of drug-likeness (QED) is 0.0406. The van der Waals surface area contributed by atoms with E-state index >= 15 is 0 Å². The topological polar surface area (TPSA) is 261 Å². The lowest BCUT2D eigenvalue weighted by molar-refractivity contribution is -0.142. The third-order valence-electron chi connectivity index (χ3n) is 4.49. The molecule has 4 atom stereocenters. The van der Waals surface area contributed by atoms with Crippen molar-refractivity contribution in [3.63, 3.8) is 0 Å². The minimum absolute atomic E-state index is 0.0902. The number of hydrogen-bond acceptors (Lipinski definition) is 9. The van der Waals surface area contributed by atoms with Gasteiger partial charge in [-0.05, 0) is 38.6 Å². The molecule has 3 amide bonds. The molecule has 33 heavy (non-hydrogen) atoms. The second kappa shape index (κ2) is 16.9. The van der Waals surface area contributed by atoms with Crippen molar-refractivity contribution in [3.8, 4) is 0 Å². The normalized spacial score (nSPS) is 14.3. The highest BCUT2D eigenvalue weighted by Crippen LogP contribution is 2.05. The zero-order valence-electron chi connectivity index (χ0n) is 18.4. The maximum absolute atomic E-state index is 12.8. The molecule has 0 bridgehead atoms. The molecule has 0 fully saturated rings. The van der Waals surface area contributed by atoms with Gasteiger partial charge < -0.3 is 49.1 Å². The van der Waals surface area contributed by atoms with E-state index in [9.17, 15) is 24.3 Å². The number of hydrogen-bond donors (Lipinski definition) is 10. The molecule has 0 spiro atoms. The lowest BCUT2D eigenvalue weighted by Gasteiger charge is -2.24. The Labute approximate surface area is 197 Å². The molecule has 0 aliphatic heterocycles. The predicted octanol–water partition coefficient (Wildman–Crippen LogP) is -4.04. The van der Waals surface area contributed by atoms with E-state index in [4.69, 9.17) is 28.0 Å².